The molecule has 1 amide bonds. The van der Waals surface area contributed by atoms with Crippen molar-refractivity contribution in [1.29, 1.82) is 0 Å². The van der Waals surface area contributed by atoms with Crippen molar-refractivity contribution >= 4 is 17.4 Å². The molecule has 34 heavy (non-hydrogen) atoms. The van der Waals surface area contributed by atoms with E-state index in [2.05, 4.69) is 16.5 Å². The van der Waals surface area contributed by atoms with Crippen LogP contribution in [0, 0.1) is 0 Å². The fourth-order valence-corrected chi connectivity index (χ4v) is 4.26. The Labute approximate surface area is 196 Å². The molecule has 9 heteroatoms. The van der Waals surface area contributed by atoms with Crippen LogP contribution in [0.15, 0.2) is 67.5 Å². The minimum Gasteiger partial charge on any atom is -0.497 e. The Morgan fingerprint density at radius 3 is 2.71 bits per heavy atom. The average Bonchev–Trinajstić information content (AvgIpc) is 3.50. The number of hydrogen-bond donors (Lipinski definition) is 1. The molecule has 0 radical (unpaired) electrons. The Bertz CT molecular complexity index is 1370. The predicted molar refractivity (Wildman–Crippen MR) is 128 cm³/mol. The maximum Gasteiger partial charge on any atom is 0.245 e. The van der Waals surface area contributed by atoms with Gasteiger partial charge in [0.1, 0.15) is 17.3 Å². The van der Waals surface area contributed by atoms with Gasteiger partial charge in [0.2, 0.25) is 17.7 Å². The van der Waals surface area contributed by atoms with Gasteiger partial charge in [-0.1, -0.05) is 6.58 Å². The predicted octanol–water partition coefficient (Wildman–Crippen LogP) is 3.68. The third kappa shape index (κ3) is 3.92. The van der Waals surface area contributed by atoms with Crippen molar-refractivity contribution < 1.29 is 14.3 Å². The Hall–Kier alpha value is -4.40. The van der Waals surface area contributed by atoms with E-state index in [4.69, 9.17) is 20.2 Å². The number of carbonyl (C=O) groups excluding carboxylic acids is 1. The molecule has 4 aromatic rings. The molecule has 1 aliphatic rings. The molecule has 9 nitrogen and oxygen atoms in total. The van der Waals surface area contributed by atoms with E-state index >= 15 is 0 Å². The molecule has 3 aromatic heterocycles. The summed E-state index contributed by atoms with van der Waals surface area (Å²) >= 11 is 0. The summed E-state index contributed by atoms with van der Waals surface area (Å²) in [4.78, 5) is 27.3. The first-order valence-electron chi connectivity index (χ1n) is 10.9. The molecule has 1 atom stereocenters. The maximum absolute atomic E-state index is 12.1. The number of aromatic nitrogens is 4. The SMILES string of the molecule is C=CC(=O)N1CCC(c2nc(-c3ccc(Oc4cc(OC)ccn4)cc3)n3c(N)nccc23)C1. The van der Waals surface area contributed by atoms with Gasteiger partial charge in [0.05, 0.1) is 18.3 Å². The zero-order chi connectivity index (χ0) is 23.7. The fraction of sp³-hybridized carbons (Fsp3) is 0.200. The van der Waals surface area contributed by atoms with Gasteiger partial charge in [-0.15, -0.1) is 0 Å². The first-order valence-corrected chi connectivity index (χ1v) is 10.9. The number of anilines is 1. The highest BCUT2D eigenvalue weighted by molar-refractivity contribution is 5.87. The van der Waals surface area contributed by atoms with Crippen molar-refractivity contribution in [2.24, 2.45) is 0 Å². The number of nitrogens with two attached hydrogens (primary N) is 1. The number of imidazole rings is 1. The second-order valence-electron chi connectivity index (χ2n) is 7.98. The summed E-state index contributed by atoms with van der Waals surface area (Å²) in [5.74, 6) is 2.82. The molecular formula is C25H24N6O3. The molecule has 1 fully saturated rings. The summed E-state index contributed by atoms with van der Waals surface area (Å²) in [7, 11) is 1.60. The minimum atomic E-state index is -0.0615. The quantitative estimate of drug-likeness (QED) is 0.441. The van der Waals surface area contributed by atoms with E-state index in [1.165, 1.54) is 6.08 Å². The number of pyridine rings is 1. The summed E-state index contributed by atoms with van der Waals surface area (Å²) in [5, 5.41) is 0. The number of methoxy groups -OCH3 is 1. The molecule has 0 bridgehead atoms. The number of nitrogens with zero attached hydrogens (tertiary/aromatic N) is 5. The lowest BCUT2D eigenvalue weighted by molar-refractivity contribution is -0.125. The van der Waals surface area contributed by atoms with Crippen molar-refractivity contribution in [3.05, 3.63) is 73.2 Å². The smallest absolute Gasteiger partial charge is 0.245 e. The van der Waals surface area contributed by atoms with Crippen LogP contribution < -0.4 is 15.2 Å². The van der Waals surface area contributed by atoms with Gasteiger partial charge in [-0.2, -0.15) is 0 Å². The first-order chi connectivity index (χ1) is 16.6. The lowest BCUT2D eigenvalue weighted by Gasteiger charge is -2.13. The number of fused-ring (bicyclic) bond motifs is 1. The highest BCUT2D eigenvalue weighted by Crippen LogP contribution is 2.34. The van der Waals surface area contributed by atoms with Gasteiger partial charge in [-0.3, -0.25) is 9.20 Å². The van der Waals surface area contributed by atoms with Crippen LogP contribution >= 0.6 is 0 Å². The molecule has 1 aliphatic heterocycles. The Kier molecular flexibility index (Phi) is 5.59. The third-order valence-corrected chi connectivity index (χ3v) is 5.95. The monoisotopic (exact) mass is 456 g/mol. The molecule has 2 N–H and O–H groups in total. The van der Waals surface area contributed by atoms with Crippen LogP contribution in [0.5, 0.6) is 17.4 Å². The van der Waals surface area contributed by atoms with E-state index in [1.807, 2.05) is 34.7 Å². The lowest BCUT2D eigenvalue weighted by atomic mass is 10.0. The van der Waals surface area contributed by atoms with E-state index in [0.29, 0.717) is 42.2 Å². The molecule has 5 rings (SSSR count). The van der Waals surface area contributed by atoms with Crippen molar-refractivity contribution in [3.63, 3.8) is 0 Å². The van der Waals surface area contributed by atoms with E-state index in [1.54, 1.807) is 36.5 Å². The van der Waals surface area contributed by atoms with Crippen molar-refractivity contribution in [2.45, 2.75) is 12.3 Å². The topological polar surface area (TPSA) is 108 Å². The zero-order valence-corrected chi connectivity index (χ0v) is 18.7. The molecule has 172 valence electrons. The van der Waals surface area contributed by atoms with Crippen LogP contribution in [-0.4, -0.2) is 50.4 Å². The third-order valence-electron chi connectivity index (χ3n) is 5.95. The first kappa shape index (κ1) is 21.4. The van der Waals surface area contributed by atoms with Gasteiger partial charge >= 0.3 is 0 Å². The molecular weight excluding hydrogens is 432 g/mol. The van der Waals surface area contributed by atoms with Crippen molar-refractivity contribution in [2.75, 3.05) is 25.9 Å². The number of likely N-dealkylation sites (tertiary alicyclic amines) is 1. The molecule has 1 saturated heterocycles. The number of ether oxygens (including phenoxy) is 2. The van der Waals surface area contributed by atoms with E-state index in [9.17, 15) is 4.79 Å². The van der Waals surface area contributed by atoms with Crippen LogP contribution in [0.2, 0.25) is 0 Å². The normalized spacial score (nSPS) is 15.4. The number of amides is 1. The van der Waals surface area contributed by atoms with Crippen molar-refractivity contribution in [3.8, 4) is 28.8 Å². The highest BCUT2D eigenvalue weighted by Gasteiger charge is 2.30. The molecule has 0 saturated carbocycles. The van der Waals surface area contributed by atoms with Gasteiger partial charge < -0.3 is 20.1 Å². The van der Waals surface area contributed by atoms with Crippen LogP contribution in [0.1, 0.15) is 18.0 Å². The summed E-state index contributed by atoms with van der Waals surface area (Å²) in [6.45, 7) is 4.87. The van der Waals surface area contributed by atoms with E-state index < -0.39 is 0 Å². The Morgan fingerprint density at radius 1 is 1.15 bits per heavy atom. The minimum absolute atomic E-state index is 0.0615. The number of rotatable bonds is 6. The largest absolute Gasteiger partial charge is 0.497 e. The van der Waals surface area contributed by atoms with Gasteiger partial charge in [0, 0.05) is 43.0 Å². The van der Waals surface area contributed by atoms with Crippen LogP contribution in [0.25, 0.3) is 16.9 Å². The number of nitrogen functional groups attached to an aromatic ring is 1. The van der Waals surface area contributed by atoms with Gasteiger partial charge in [0.25, 0.3) is 0 Å². The Morgan fingerprint density at radius 2 is 1.94 bits per heavy atom. The second kappa shape index (κ2) is 8.86. The van der Waals surface area contributed by atoms with Crippen LogP contribution in [-0.2, 0) is 4.79 Å². The molecule has 4 heterocycles. The average molecular weight is 457 g/mol. The van der Waals surface area contributed by atoms with Crippen LogP contribution in [0.3, 0.4) is 0 Å². The van der Waals surface area contributed by atoms with Gasteiger partial charge in [-0.25, -0.2) is 15.0 Å². The summed E-state index contributed by atoms with van der Waals surface area (Å²) in [6.07, 6.45) is 5.49. The maximum atomic E-state index is 12.1. The van der Waals surface area contributed by atoms with Gasteiger partial charge in [-0.05, 0) is 48.9 Å². The lowest BCUT2D eigenvalue weighted by Crippen LogP contribution is -2.26. The van der Waals surface area contributed by atoms with Gasteiger partial charge in [0.15, 0.2) is 0 Å². The Balaban J connectivity index is 1.47. The molecule has 1 unspecified atom stereocenters. The number of carbonyl (C=O) groups is 1. The fourth-order valence-electron chi connectivity index (χ4n) is 4.26. The number of benzene rings is 1. The molecule has 1 aromatic carbocycles. The molecule has 0 spiro atoms. The summed E-state index contributed by atoms with van der Waals surface area (Å²) in [5.41, 5.74) is 8.91. The van der Waals surface area contributed by atoms with E-state index in [-0.39, 0.29) is 11.8 Å². The van der Waals surface area contributed by atoms with Crippen LogP contribution in [0.4, 0.5) is 5.95 Å². The van der Waals surface area contributed by atoms with Crippen molar-refractivity contribution in [1.82, 2.24) is 24.3 Å². The standard InChI is InChI=1S/C25H24N6O3/c1-3-22(32)30-13-10-17(15-30)23-20-9-12-28-25(26)31(20)24(29-23)16-4-6-18(7-5-16)34-21-14-19(33-2)8-11-27-21/h3-9,11-12,14,17H,1,10,13,15H2,2H3,(H2,26,28). The summed E-state index contributed by atoms with van der Waals surface area (Å²) in [6, 6.07) is 12.9. The highest BCUT2D eigenvalue weighted by atomic mass is 16.5. The number of hydrogen-bond acceptors (Lipinski definition) is 7. The second-order valence-corrected chi connectivity index (χ2v) is 7.98. The zero-order valence-electron chi connectivity index (χ0n) is 18.7. The molecule has 0 aliphatic carbocycles. The summed E-state index contributed by atoms with van der Waals surface area (Å²) < 4.78 is 12.9. The van der Waals surface area contributed by atoms with E-state index in [0.717, 1.165) is 23.2 Å².